The molecule has 3 nitrogen and oxygen atoms in total. The van der Waals surface area contributed by atoms with Gasteiger partial charge in [0.15, 0.2) is 0 Å². The van der Waals surface area contributed by atoms with Crippen LogP contribution in [0, 0.1) is 5.92 Å². The number of hydrogen-bond donors (Lipinski definition) is 1. The van der Waals surface area contributed by atoms with E-state index < -0.39 is 19.3 Å². The number of rotatable bonds is 9. The van der Waals surface area contributed by atoms with Crippen molar-refractivity contribution >= 4 is 0 Å². The van der Waals surface area contributed by atoms with E-state index in [2.05, 4.69) is 10.1 Å². The zero-order chi connectivity index (χ0) is 19.2. The van der Waals surface area contributed by atoms with Crippen molar-refractivity contribution in [2.24, 2.45) is 5.92 Å². The van der Waals surface area contributed by atoms with Crippen molar-refractivity contribution < 1.29 is 26.7 Å². The summed E-state index contributed by atoms with van der Waals surface area (Å²) < 4.78 is 65.7. The molecule has 0 aliphatic carbocycles. The second-order valence-corrected chi connectivity index (χ2v) is 6.88. The van der Waals surface area contributed by atoms with Crippen molar-refractivity contribution in [1.29, 1.82) is 0 Å². The van der Waals surface area contributed by atoms with Gasteiger partial charge in [-0.15, -0.1) is 0 Å². The van der Waals surface area contributed by atoms with E-state index in [-0.39, 0.29) is 17.7 Å². The standard InChI is InChI=1S/C18H25F5N2O/c1-13(2-3-14-4-6-16(7-5-14)26-17(19)20)24-10-15-8-9-25(11-15)12-18(21,22)23/h4-7,13,15,17,24H,2-3,8-12H2,1H3. The molecular weight excluding hydrogens is 355 g/mol. The Labute approximate surface area is 150 Å². The molecule has 0 spiro atoms. The summed E-state index contributed by atoms with van der Waals surface area (Å²) in [5.74, 6) is 0.380. The first-order valence-electron chi connectivity index (χ1n) is 8.77. The van der Waals surface area contributed by atoms with Gasteiger partial charge in [0, 0.05) is 12.6 Å². The van der Waals surface area contributed by atoms with Crippen molar-refractivity contribution in [2.45, 2.75) is 45.0 Å². The average molecular weight is 380 g/mol. The maximum atomic E-state index is 12.4. The summed E-state index contributed by atoms with van der Waals surface area (Å²) >= 11 is 0. The van der Waals surface area contributed by atoms with Crippen molar-refractivity contribution in [3.8, 4) is 5.75 Å². The molecule has 148 valence electrons. The highest BCUT2D eigenvalue weighted by Gasteiger charge is 2.34. The summed E-state index contributed by atoms with van der Waals surface area (Å²) in [5.41, 5.74) is 1.03. The van der Waals surface area contributed by atoms with Gasteiger partial charge >= 0.3 is 12.8 Å². The third kappa shape index (κ3) is 7.86. The van der Waals surface area contributed by atoms with Crippen molar-refractivity contribution in [1.82, 2.24) is 10.2 Å². The van der Waals surface area contributed by atoms with Gasteiger partial charge in [0.25, 0.3) is 0 Å². The van der Waals surface area contributed by atoms with E-state index in [0.717, 1.165) is 24.8 Å². The number of benzene rings is 1. The minimum atomic E-state index is -4.13. The van der Waals surface area contributed by atoms with E-state index >= 15 is 0 Å². The monoisotopic (exact) mass is 380 g/mol. The number of alkyl halides is 5. The fourth-order valence-electron chi connectivity index (χ4n) is 3.17. The topological polar surface area (TPSA) is 24.5 Å². The highest BCUT2D eigenvalue weighted by atomic mass is 19.4. The SMILES string of the molecule is CC(CCc1ccc(OC(F)F)cc1)NCC1CCN(CC(F)(F)F)C1. The van der Waals surface area contributed by atoms with Crippen LogP contribution in [0.1, 0.15) is 25.3 Å². The summed E-state index contributed by atoms with van der Waals surface area (Å²) in [6, 6.07) is 6.79. The fourth-order valence-corrected chi connectivity index (χ4v) is 3.17. The normalized spacial score (nSPS) is 19.9. The molecule has 0 radical (unpaired) electrons. The van der Waals surface area contributed by atoms with Gasteiger partial charge in [-0.3, -0.25) is 4.90 Å². The molecule has 1 aromatic rings. The Bertz CT molecular complexity index is 535. The summed E-state index contributed by atoms with van der Waals surface area (Å²) in [5, 5.41) is 3.38. The van der Waals surface area contributed by atoms with Gasteiger partial charge in [0.2, 0.25) is 0 Å². The first kappa shape index (κ1) is 20.9. The molecule has 1 aromatic carbocycles. The van der Waals surface area contributed by atoms with Crippen LogP contribution in [-0.2, 0) is 6.42 Å². The maximum absolute atomic E-state index is 12.4. The number of nitrogens with one attached hydrogen (secondary N) is 1. The number of likely N-dealkylation sites (tertiary alicyclic amines) is 1. The van der Waals surface area contributed by atoms with Gasteiger partial charge in [-0.1, -0.05) is 12.1 Å². The fraction of sp³-hybridized carbons (Fsp3) is 0.667. The Morgan fingerprint density at radius 1 is 1.23 bits per heavy atom. The van der Waals surface area contributed by atoms with Crippen molar-refractivity contribution in [3.05, 3.63) is 29.8 Å². The molecule has 1 saturated heterocycles. The Kier molecular flexibility index (Phi) is 7.64. The lowest BCUT2D eigenvalue weighted by molar-refractivity contribution is -0.143. The van der Waals surface area contributed by atoms with Crippen LogP contribution < -0.4 is 10.1 Å². The zero-order valence-electron chi connectivity index (χ0n) is 14.7. The summed E-state index contributed by atoms with van der Waals surface area (Å²) in [6.45, 7) is 0.0586. The van der Waals surface area contributed by atoms with Crippen LogP contribution in [-0.4, -0.2) is 49.9 Å². The molecule has 0 saturated carbocycles. The average Bonchev–Trinajstić information content (AvgIpc) is 2.97. The molecule has 1 fully saturated rings. The predicted molar refractivity (Wildman–Crippen MR) is 89.5 cm³/mol. The highest BCUT2D eigenvalue weighted by molar-refractivity contribution is 5.27. The van der Waals surface area contributed by atoms with Crippen LogP contribution in [0.15, 0.2) is 24.3 Å². The Morgan fingerprint density at radius 2 is 1.92 bits per heavy atom. The van der Waals surface area contributed by atoms with Gasteiger partial charge in [0.05, 0.1) is 6.54 Å². The van der Waals surface area contributed by atoms with Crippen LogP contribution in [0.2, 0.25) is 0 Å². The van der Waals surface area contributed by atoms with Crippen molar-refractivity contribution in [2.75, 3.05) is 26.2 Å². The van der Waals surface area contributed by atoms with Crippen molar-refractivity contribution in [3.63, 3.8) is 0 Å². The molecule has 0 bridgehead atoms. The third-order valence-electron chi connectivity index (χ3n) is 4.54. The molecular formula is C18H25F5N2O. The van der Waals surface area contributed by atoms with Crippen LogP contribution in [0.5, 0.6) is 5.75 Å². The first-order valence-corrected chi connectivity index (χ1v) is 8.77. The molecule has 1 heterocycles. The van der Waals surface area contributed by atoms with Gasteiger partial charge in [-0.05, 0) is 62.9 Å². The summed E-state index contributed by atoms with van der Waals surface area (Å²) in [7, 11) is 0. The molecule has 26 heavy (non-hydrogen) atoms. The predicted octanol–water partition coefficient (Wildman–Crippen LogP) is 4.08. The number of halogens is 5. The maximum Gasteiger partial charge on any atom is 0.401 e. The smallest absolute Gasteiger partial charge is 0.401 e. The zero-order valence-corrected chi connectivity index (χ0v) is 14.7. The van der Waals surface area contributed by atoms with Crippen LogP contribution >= 0.6 is 0 Å². The molecule has 0 aromatic heterocycles. The van der Waals surface area contributed by atoms with E-state index in [9.17, 15) is 22.0 Å². The Balaban J connectivity index is 1.64. The molecule has 2 unspecified atom stereocenters. The number of nitrogens with zero attached hydrogens (tertiary/aromatic N) is 1. The lowest BCUT2D eigenvalue weighted by atomic mass is 10.0. The van der Waals surface area contributed by atoms with Crippen LogP contribution in [0.3, 0.4) is 0 Å². The molecule has 8 heteroatoms. The molecule has 2 atom stereocenters. The van der Waals surface area contributed by atoms with E-state index in [1.807, 2.05) is 6.92 Å². The summed E-state index contributed by atoms with van der Waals surface area (Å²) in [6.07, 6.45) is -1.71. The molecule has 1 N–H and O–H groups in total. The Morgan fingerprint density at radius 3 is 2.54 bits per heavy atom. The van der Waals surface area contributed by atoms with Gasteiger partial charge in [0.1, 0.15) is 5.75 Å². The lowest BCUT2D eigenvalue weighted by Gasteiger charge is -2.19. The Hall–Kier alpha value is -1.41. The number of hydrogen-bond acceptors (Lipinski definition) is 3. The van der Waals surface area contributed by atoms with Gasteiger partial charge < -0.3 is 10.1 Å². The van der Waals surface area contributed by atoms with Gasteiger partial charge in [-0.25, -0.2) is 0 Å². The number of aryl methyl sites for hydroxylation is 1. The lowest BCUT2D eigenvalue weighted by Crippen LogP contribution is -2.35. The van der Waals surface area contributed by atoms with Crippen LogP contribution in [0.4, 0.5) is 22.0 Å². The highest BCUT2D eigenvalue weighted by Crippen LogP contribution is 2.22. The number of ether oxygens (including phenoxy) is 1. The first-order chi connectivity index (χ1) is 12.2. The minimum absolute atomic E-state index is 0.138. The minimum Gasteiger partial charge on any atom is -0.435 e. The molecule has 0 amide bonds. The van der Waals surface area contributed by atoms with E-state index in [0.29, 0.717) is 19.6 Å². The third-order valence-corrected chi connectivity index (χ3v) is 4.54. The van der Waals surface area contributed by atoms with E-state index in [1.54, 1.807) is 12.1 Å². The van der Waals surface area contributed by atoms with Crippen LogP contribution in [0.25, 0.3) is 0 Å². The second kappa shape index (κ2) is 9.50. The molecule has 2 rings (SSSR count). The molecule has 1 aliphatic rings. The summed E-state index contributed by atoms with van der Waals surface area (Å²) in [4.78, 5) is 1.46. The van der Waals surface area contributed by atoms with Gasteiger partial charge in [-0.2, -0.15) is 22.0 Å². The second-order valence-electron chi connectivity index (χ2n) is 6.88. The van der Waals surface area contributed by atoms with E-state index in [1.165, 1.54) is 17.0 Å². The molecule has 1 aliphatic heterocycles. The quantitative estimate of drug-likeness (QED) is 0.654. The van der Waals surface area contributed by atoms with E-state index in [4.69, 9.17) is 0 Å². The largest absolute Gasteiger partial charge is 0.435 e.